The number of methoxy groups -OCH3 is 1. The van der Waals surface area contributed by atoms with Crippen LogP contribution < -0.4 is 14.2 Å². The zero-order valence-corrected chi connectivity index (χ0v) is 18.1. The molecule has 0 bridgehead atoms. The van der Waals surface area contributed by atoms with Crippen molar-refractivity contribution in [1.82, 2.24) is 0 Å². The summed E-state index contributed by atoms with van der Waals surface area (Å²) >= 11 is 0. The number of Topliss-reactive ketones (excluding diaryl/α,β-unsaturated/α-hetero) is 1. The maximum absolute atomic E-state index is 12.2. The van der Waals surface area contributed by atoms with Gasteiger partial charge in [-0.1, -0.05) is 42.5 Å². The molecule has 0 aromatic heterocycles. The van der Waals surface area contributed by atoms with Crippen molar-refractivity contribution in [2.75, 3.05) is 7.11 Å². The Labute approximate surface area is 187 Å². The molecule has 3 aromatic rings. The molecule has 0 aliphatic rings. The molecule has 3 aromatic carbocycles. The summed E-state index contributed by atoms with van der Waals surface area (Å²) in [4.78, 5) is 23.3. The lowest BCUT2D eigenvalue weighted by Gasteiger charge is -2.21. The molecular weight excluding hydrogens is 408 g/mol. The molecule has 166 valence electrons. The van der Waals surface area contributed by atoms with Crippen LogP contribution in [-0.4, -0.2) is 24.0 Å². The van der Waals surface area contributed by atoms with Crippen molar-refractivity contribution in [1.29, 1.82) is 0 Å². The number of rotatable bonds is 11. The topological polar surface area (TPSA) is 82.1 Å². The van der Waals surface area contributed by atoms with Gasteiger partial charge >= 0.3 is 5.97 Å². The highest BCUT2D eigenvalue weighted by atomic mass is 16.5. The Balaban J connectivity index is 1.83. The number of carbonyl (C=O) groups excluding carboxylic acids is 1. The number of carboxylic acids is 1. The van der Waals surface area contributed by atoms with E-state index in [1.807, 2.05) is 54.6 Å². The molecule has 3 rings (SSSR count). The highest BCUT2D eigenvalue weighted by Gasteiger charge is 2.19. The lowest BCUT2D eigenvalue weighted by atomic mass is 10.0. The molecular formula is C26H26O6. The summed E-state index contributed by atoms with van der Waals surface area (Å²) in [5, 5.41) is 9.14. The van der Waals surface area contributed by atoms with Gasteiger partial charge < -0.3 is 19.3 Å². The van der Waals surface area contributed by atoms with Gasteiger partial charge in [0.05, 0.1) is 12.7 Å². The Morgan fingerprint density at radius 2 is 1.72 bits per heavy atom. The third-order valence-electron chi connectivity index (χ3n) is 4.93. The fraction of sp³-hybridized carbons (Fsp3) is 0.231. The van der Waals surface area contributed by atoms with Gasteiger partial charge in [0.2, 0.25) is 0 Å². The van der Waals surface area contributed by atoms with E-state index in [9.17, 15) is 9.59 Å². The van der Waals surface area contributed by atoms with E-state index < -0.39 is 12.1 Å². The fourth-order valence-corrected chi connectivity index (χ4v) is 3.28. The van der Waals surface area contributed by atoms with Crippen LogP contribution in [0.15, 0.2) is 72.8 Å². The number of hydrogen-bond acceptors (Lipinski definition) is 5. The Bertz CT molecular complexity index is 1060. The molecule has 32 heavy (non-hydrogen) atoms. The number of carbonyl (C=O) groups is 2. The number of benzene rings is 3. The van der Waals surface area contributed by atoms with Gasteiger partial charge in [-0.15, -0.1) is 0 Å². The van der Waals surface area contributed by atoms with Crippen molar-refractivity contribution in [2.45, 2.75) is 32.5 Å². The van der Waals surface area contributed by atoms with Crippen LogP contribution >= 0.6 is 0 Å². The largest absolute Gasteiger partial charge is 0.497 e. The summed E-state index contributed by atoms with van der Waals surface area (Å²) in [5.41, 5.74) is 2.19. The summed E-state index contributed by atoms with van der Waals surface area (Å²) in [5.74, 6) is 0.588. The van der Waals surface area contributed by atoms with Gasteiger partial charge in [0.1, 0.15) is 30.0 Å². The van der Waals surface area contributed by atoms with Gasteiger partial charge in [-0.3, -0.25) is 9.59 Å². The van der Waals surface area contributed by atoms with Crippen molar-refractivity contribution in [3.05, 3.63) is 89.5 Å². The number of ketones is 1. The molecule has 1 atom stereocenters. The van der Waals surface area contributed by atoms with Gasteiger partial charge in [0.15, 0.2) is 5.78 Å². The van der Waals surface area contributed by atoms with Crippen LogP contribution in [0.1, 0.15) is 47.4 Å². The molecule has 6 heteroatoms. The van der Waals surface area contributed by atoms with Crippen molar-refractivity contribution in [2.24, 2.45) is 0 Å². The van der Waals surface area contributed by atoms with Crippen LogP contribution in [0.3, 0.4) is 0 Å². The second-order valence-electron chi connectivity index (χ2n) is 7.30. The van der Waals surface area contributed by atoms with Crippen molar-refractivity contribution >= 4 is 11.8 Å². The number of hydrogen-bond donors (Lipinski definition) is 1. The first-order valence-electron chi connectivity index (χ1n) is 10.3. The van der Waals surface area contributed by atoms with E-state index in [4.69, 9.17) is 19.3 Å². The third-order valence-corrected chi connectivity index (χ3v) is 4.93. The average Bonchev–Trinajstić information content (AvgIpc) is 2.81. The fourth-order valence-electron chi connectivity index (χ4n) is 3.28. The highest BCUT2D eigenvalue weighted by molar-refractivity contribution is 5.97. The predicted octanol–water partition coefficient (Wildman–Crippen LogP) is 5.46. The van der Waals surface area contributed by atoms with Gasteiger partial charge in [0.25, 0.3) is 0 Å². The van der Waals surface area contributed by atoms with Crippen molar-refractivity contribution in [3.63, 3.8) is 0 Å². The van der Waals surface area contributed by atoms with Crippen molar-refractivity contribution in [3.8, 4) is 17.2 Å². The van der Waals surface area contributed by atoms with Gasteiger partial charge in [0, 0.05) is 12.5 Å². The normalized spacial score (nSPS) is 11.4. The standard InChI is InChI=1S/C26H26O6/c1-18(27)23-12-11-22(31-17-19-7-6-10-21(15-19)30-2)16-25(23)32-24(13-14-26(28)29)20-8-4-3-5-9-20/h3-12,15-16,24H,13-14,17H2,1-2H3,(H,28,29). The Morgan fingerprint density at radius 3 is 2.41 bits per heavy atom. The first-order valence-corrected chi connectivity index (χ1v) is 10.3. The molecule has 0 spiro atoms. The van der Waals surface area contributed by atoms with Crippen LogP contribution in [-0.2, 0) is 11.4 Å². The van der Waals surface area contributed by atoms with Crippen LogP contribution in [0.4, 0.5) is 0 Å². The summed E-state index contributed by atoms with van der Waals surface area (Å²) in [7, 11) is 1.61. The van der Waals surface area contributed by atoms with Gasteiger partial charge in [-0.25, -0.2) is 0 Å². The van der Waals surface area contributed by atoms with Crippen LogP contribution in [0.2, 0.25) is 0 Å². The Kier molecular flexibility index (Phi) is 7.86. The quantitative estimate of drug-likeness (QED) is 0.404. The van der Waals surface area contributed by atoms with E-state index in [-0.39, 0.29) is 18.6 Å². The Hall–Kier alpha value is -3.80. The van der Waals surface area contributed by atoms with E-state index in [1.54, 1.807) is 25.3 Å². The molecule has 1 unspecified atom stereocenters. The molecule has 0 aliphatic carbocycles. The lowest BCUT2D eigenvalue weighted by molar-refractivity contribution is -0.137. The monoisotopic (exact) mass is 434 g/mol. The van der Waals surface area contributed by atoms with Gasteiger partial charge in [-0.05, 0) is 48.7 Å². The van der Waals surface area contributed by atoms with Gasteiger partial charge in [-0.2, -0.15) is 0 Å². The minimum atomic E-state index is -0.906. The molecule has 0 aliphatic heterocycles. The van der Waals surface area contributed by atoms with E-state index >= 15 is 0 Å². The van der Waals surface area contributed by atoms with Crippen LogP contribution in [0, 0.1) is 0 Å². The molecule has 6 nitrogen and oxygen atoms in total. The molecule has 1 N–H and O–H groups in total. The minimum Gasteiger partial charge on any atom is -0.497 e. The zero-order chi connectivity index (χ0) is 22.9. The second-order valence-corrected chi connectivity index (χ2v) is 7.30. The zero-order valence-electron chi connectivity index (χ0n) is 18.1. The van der Waals surface area contributed by atoms with Crippen LogP contribution in [0.5, 0.6) is 17.2 Å². The second kappa shape index (κ2) is 11.0. The minimum absolute atomic E-state index is 0.0546. The molecule has 0 heterocycles. The molecule has 0 saturated carbocycles. The number of carboxylic acid groups (broad SMARTS) is 1. The lowest BCUT2D eigenvalue weighted by Crippen LogP contribution is -2.12. The number of ether oxygens (including phenoxy) is 3. The first-order chi connectivity index (χ1) is 15.5. The van der Waals surface area contributed by atoms with Crippen molar-refractivity contribution < 1.29 is 28.9 Å². The molecule has 0 amide bonds. The maximum atomic E-state index is 12.2. The van der Waals surface area contributed by atoms with E-state index in [0.29, 0.717) is 23.7 Å². The maximum Gasteiger partial charge on any atom is 0.303 e. The predicted molar refractivity (Wildman–Crippen MR) is 120 cm³/mol. The molecule has 0 radical (unpaired) electrons. The smallest absolute Gasteiger partial charge is 0.303 e. The summed E-state index contributed by atoms with van der Waals surface area (Å²) in [6, 6.07) is 22.0. The van der Waals surface area contributed by atoms with E-state index in [0.717, 1.165) is 16.9 Å². The number of aliphatic carboxylic acids is 1. The SMILES string of the molecule is COc1cccc(COc2ccc(C(C)=O)c(OC(CCC(=O)O)c3ccccc3)c2)c1. The van der Waals surface area contributed by atoms with E-state index in [1.165, 1.54) is 6.92 Å². The summed E-state index contributed by atoms with van der Waals surface area (Å²) < 4.78 is 17.3. The van der Waals surface area contributed by atoms with Crippen LogP contribution in [0.25, 0.3) is 0 Å². The highest BCUT2D eigenvalue weighted by Crippen LogP contribution is 2.32. The third kappa shape index (κ3) is 6.35. The molecule has 0 saturated heterocycles. The van der Waals surface area contributed by atoms with E-state index in [2.05, 4.69) is 0 Å². The molecule has 0 fully saturated rings. The average molecular weight is 434 g/mol. The Morgan fingerprint density at radius 1 is 0.938 bits per heavy atom. The summed E-state index contributed by atoms with van der Waals surface area (Å²) in [6.45, 7) is 1.78. The summed E-state index contributed by atoms with van der Waals surface area (Å²) in [6.07, 6.45) is -0.300. The first kappa shape index (κ1) is 22.9.